The lowest BCUT2D eigenvalue weighted by molar-refractivity contribution is -0.117. The van der Waals surface area contributed by atoms with E-state index >= 15 is 0 Å². The Labute approximate surface area is 161 Å². The summed E-state index contributed by atoms with van der Waals surface area (Å²) < 4.78 is 1.86. The first-order valence-electron chi connectivity index (χ1n) is 9.25. The molecule has 142 valence electrons. The Morgan fingerprint density at radius 2 is 2.07 bits per heavy atom. The molecule has 1 fully saturated rings. The number of thioether (sulfide) groups is 1. The highest BCUT2D eigenvalue weighted by Crippen LogP contribution is 2.34. The topological polar surface area (TPSA) is 93.0 Å². The Kier molecular flexibility index (Phi) is 5.11. The van der Waals surface area contributed by atoms with Gasteiger partial charge in [0, 0.05) is 12.5 Å². The molecular weight excluding hydrogens is 364 g/mol. The largest absolute Gasteiger partial charge is 0.324 e. The zero-order valence-corrected chi connectivity index (χ0v) is 16.0. The maximum atomic E-state index is 13.0. The number of carbonyl (C=O) groups is 2. The van der Waals surface area contributed by atoms with Crippen LogP contribution in [0.3, 0.4) is 0 Å². The number of hydrogen-bond donors (Lipinski definition) is 1. The molecule has 0 spiro atoms. The zero-order chi connectivity index (χ0) is 18.8. The van der Waals surface area contributed by atoms with E-state index in [2.05, 4.69) is 20.8 Å². The number of para-hydroxylation sites is 2. The Morgan fingerprint density at radius 1 is 1.30 bits per heavy atom. The Bertz CT molecular complexity index is 848. The molecule has 0 radical (unpaired) electrons. The van der Waals surface area contributed by atoms with Crippen molar-refractivity contribution in [3.05, 3.63) is 24.3 Å². The standard InChI is InChI=1S/C18H22N6O2S/c1-12-10-16(25)19-14-8-4-5-9-15(14)23(12)17(26)11-27-18-20-21-22-24(18)13-6-2-3-7-13/h4-5,8-9,12-13H,2-3,6-7,10-11H2,1H3,(H,19,25). The average Bonchev–Trinajstić information content (AvgIpc) is 3.30. The van der Waals surface area contributed by atoms with Crippen LogP contribution in [0.2, 0.25) is 0 Å². The van der Waals surface area contributed by atoms with Gasteiger partial charge in [-0.3, -0.25) is 9.59 Å². The van der Waals surface area contributed by atoms with Gasteiger partial charge in [0.05, 0.1) is 23.2 Å². The summed E-state index contributed by atoms with van der Waals surface area (Å²) in [6, 6.07) is 7.52. The van der Waals surface area contributed by atoms with Crippen molar-refractivity contribution < 1.29 is 9.59 Å². The number of carbonyl (C=O) groups excluding carboxylic acids is 2. The van der Waals surface area contributed by atoms with Crippen LogP contribution in [0, 0.1) is 0 Å². The van der Waals surface area contributed by atoms with Crippen LogP contribution in [0.4, 0.5) is 11.4 Å². The van der Waals surface area contributed by atoms with E-state index in [4.69, 9.17) is 0 Å². The van der Waals surface area contributed by atoms with Crippen molar-refractivity contribution in [2.75, 3.05) is 16.0 Å². The molecule has 1 saturated carbocycles. The molecule has 1 aromatic heterocycles. The second-order valence-electron chi connectivity index (χ2n) is 7.02. The highest BCUT2D eigenvalue weighted by atomic mass is 32.2. The molecule has 9 heteroatoms. The van der Waals surface area contributed by atoms with Gasteiger partial charge in [-0.15, -0.1) is 5.10 Å². The van der Waals surface area contributed by atoms with Crippen molar-refractivity contribution in [1.82, 2.24) is 20.2 Å². The highest BCUT2D eigenvalue weighted by Gasteiger charge is 2.30. The molecular formula is C18H22N6O2S. The van der Waals surface area contributed by atoms with Crippen LogP contribution in [-0.2, 0) is 9.59 Å². The van der Waals surface area contributed by atoms with Crippen LogP contribution in [0.5, 0.6) is 0 Å². The number of anilines is 2. The van der Waals surface area contributed by atoms with E-state index in [1.807, 2.05) is 35.9 Å². The van der Waals surface area contributed by atoms with E-state index in [9.17, 15) is 9.59 Å². The predicted molar refractivity (Wildman–Crippen MR) is 103 cm³/mol. The normalized spacial score (nSPS) is 20.3. The molecule has 1 atom stereocenters. The fourth-order valence-corrected chi connectivity index (χ4v) is 4.63. The molecule has 0 bridgehead atoms. The van der Waals surface area contributed by atoms with E-state index in [-0.39, 0.29) is 30.0 Å². The van der Waals surface area contributed by atoms with Crippen molar-refractivity contribution in [3.8, 4) is 0 Å². The number of amides is 2. The summed E-state index contributed by atoms with van der Waals surface area (Å²) in [5.74, 6) is 0.0838. The van der Waals surface area contributed by atoms with Crippen LogP contribution in [0.25, 0.3) is 0 Å². The maximum absolute atomic E-state index is 13.0. The molecule has 1 unspecified atom stereocenters. The molecule has 1 aliphatic carbocycles. The first-order chi connectivity index (χ1) is 13.1. The van der Waals surface area contributed by atoms with Crippen molar-refractivity contribution in [2.24, 2.45) is 0 Å². The number of hydrogen-bond acceptors (Lipinski definition) is 6. The molecule has 1 aromatic carbocycles. The van der Waals surface area contributed by atoms with Gasteiger partial charge in [-0.05, 0) is 42.3 Å². The van der Waals surface area contributed by atoms with Crippen molar-refractivity contribution in [2.45, 2.75) is 56.3 Å². The minimum atomic E-state index is -0.215. The fourth-order valence-electron chi connectivity index (χ4n) is 3.82. The van der Waals surface area contributed by atoms with E-state index < -0.39 is 0 Å². The van der Waals surface area contributed by atoms with Crippen LogP contribution in [0.1, 0.15) is 45.1 Å². The smallest absolute Gasteiger partial charge is 0.237 e. The molecule has 2 aliphatic rings. The predicted octanol–water partition coefficient (Wildman–Crippen LogP) is 2.64. The number of nitrogens with zero attached hydrogens (tertiary/aromatic N) is 5. The number of benzene rings is 1. The minimum Gasteiger partial charge on any atom is -0.324 e. The molecule has 2 aromatic rings. The van der Waals surface area contributed by atoms with Gasteiger partial charge in [0.1, 0.15) is 0 Å². The molecule has 1 aliphatic heterocycles. The second-order valence-corrected chi connectivity index (χ2v) is 7.96. The monoisotopic (exact) mass is 386 g/mol. The first kappa shape index (κ1) is 18.0. The maximum Gasteiger partial charge on any atom is 0.237 e. The van der Waals surface area contributed by atoms with Gasteiger partial charge in [0.25, 0.3) is 0 Å². The van der Waals surface area contributed by atoms with Gasteiger partial charge < -0.3 is 10.2 Å². The number of nitrogens with one attached hydrogen (secondary N) is 1. The number of aromatic nitrogens is 4. The van der Waals surface area contributed by atoms with Gasteiger partial charge in [-0.1, -0.05) is 36.7 Å². The highest BCUT2D eigenvalue weighted by molar-refractivity contribution is 7.99. The van der Waals surface area contributed by atoms with Gasteiger partial charge in [0.2, 0.25) is 17.0 Å². The lowest BCUT2D eigenvalue weighted by Crippen LogP contribution is -2.40. The van der Waals surface area contributed by atoms with Crippen LogP contribution >= 0.6 is 11.8 Å². The van der Waals surface area contributed by atoms with E-state index in [1.54, 1.807) is 4.90 Å². The van der Waals surface area contributed by atoms with Gasteiger partial charge in [-0.25, -0.2) is 4.68 Å². The summed E-state index contributed by atoms with van der Waals surface area (Å²) in [5, 5.41) is 15.6. The van der Waals surface area contributed by atoms with Crippen LogP contribution in [-0.4, -0.2) is 43.8 Å². The third-order valence-corrected chi connectivity index (χ3v) is 6.00. The lowest BCUT2D eigenvalue weighted by Gasteiger charge is -2.27. The second kappa shape index (κ2) is 7.67. The van der Waals surface area contributed by atoms with Gasteiger partial charge >= 0.3 is 0 Å². The van der Waals surface area contributed by atoms with Crippen molar-refractivity contribution in [3.63, 3.8) is 0 Å². The molecule has 8 nitrogen and oxygen atoms in total. The molecule has 2 heterocycles. The summed E-state index contributed by atoms with van der Waals surface area (Å²) in [4.78, 5) is 26.8. The first-order valence-corrected chi connectivity index (χ1v) is 10.2. The Hall–Kier alpha value is -2.42. The molecule has 1 N–H and O–H groups in total. The third-order valence-electron chi connectivity index (χ3n) is 5.09. The SMILES string of the molecule is CC1CC(=O)Nc2ccccc2N1C(=O)CSc1nnnn1C1CCCC1. The average molecular weight is 386 g/mol. The molecule has 4 rings (SSSR count). The van der Waals surface area contributed by atoms with E-state index in [0.717, 1.165) is 18.5 Å². The summed E-state index contributed by atoms with van der Waals surface area (Å²) in [7, 11) is 0. The molecule has 2 amide bonds. The van der Waals surface area contributed by atoms with Gasteiger partial charge in [0.15, 0.2) is 0 Å². The number of rotatable bonds is 4. The van der Waals surface area contributed by atoms with Crippen molar-refractivity contribution in [1.29, 1.82) is 0 Å². The fraction of sp³-hybridized carbons (Fsp3) is 0.500. The zero-order valence-electron chi connectivity index (χ0n) is 15.2. The Balaban J connectivity index is 1.51. The minimum absolute atomic E-state index is 0.0579. The summed E-state index contributed by atoms with van der Waals surface area (Å²) in [6.45, 7) is 1.90. The summed E-state index contributed by atoms with van der Waals surface area (Å²) in [5.41, 5.74) is 1.40. The van der Waals surface area contributed by atoms with Gasteiger partial charge in [-0.2, -0.15) is 0 Å². The van der Waals surface area contributed by atoms with E-state index in [0.29, 0.717) is 16.9 Å². The van der Waals surface area contributed by atoms with E-state index in [1.165, 1.54) is 24.6 Å². The molecule has 27 heavy (non-hydrogen) atoms. The summed E-state index contributed by atoms with van der Waals surface area (Å²) in [6.07, 6.45) is 4.81. The number of tetrazole rings is 1. The Morgan fingerprint density at radius 3 is 2.89 bits per heavy atom. The number of fused-ring (bicyclic) bond motifs is 1. The van der Waals surface area contributed by atoms with Crippen molar-refractivity contribution >= 4 is 35.0 Å². The molecule has 0 saturated heterocycles. The van der Waals surface area contributed by atoms with Crippen LogP contribution in [0.15, 0.2) is 29.4 Å². The van der Waals surface area contributed by atoms with Crippen LogP contribution < -0.4 is 10.2 Å². The quantitative estimate of drug-likeness (QED) is 0.812. The lowest BCUT2D eigenvalue weighted by atomic mass is 10.2. The summed E-state index contributed by atoms with van der Waals surface area (Å²) >= 11 is 1.36. The third kappa shape index (κ3) is 3.69.